The van der Waals surface area contributed by atoms with Crippen LogP contribution in [-0.2, 0) is 6.18 Å². The number of rotatable bonds is 0. The molecule has 59 valence electrons. The molecule has 0 saturated heterocycles. The van der Waals surface area contributed by atoms with Gasteiger partial charge in [-0.05, 0) is 12.1 Å². The Bertz CT molecular complexity index is 239. The highest BCUT2D eigenvalue weighted by Crippen LogP contribution is 2.27. The Morgan fingerprint density at radius 2 is 1.91 bits per heavy atom. The average molecular weight is 161 g/mol. The third kappa shape index (κ3) is 1.83. The summed E-state index contributed by atoms with van der Waals surface area (Å²) in [4.78, 5) is 3.04. The average Bonchev–Trinajstić information content (AvgIpc) is 1.86. The molecule has 0 atom stereocenters. The van der Waals surface area contributed by atoms with Crippen LogP contribution in [-0.4, -0.2) is 4.98 Å². The smallest absolute Gasteiger partial charge is 0.299 e. The Morgan fingerprint density at radius 3 is 2.27 bits per heavy atom. The van der Waals surface area contributed by atoms with Crippen LogP contribution in [0.25, 0.3) is 0 Å². The lowest BCUT2D eigenvalue weighted by atomic mass is 10.3. The predicted molar refractivity (Wildman–Crippen MR) is 32.0 cm³/mol. The summed E-state index contributed by atoms with van der Waals surface area (Å²) in [5, 5.41) is 0. The van der Waals surface area contributed by atoms with E-state index < -0.39 is 11.9 Å². The molecule has 2 nitrogen and oxygen atoms in total. The van der Waals surface area contributed by atoms with E-state index in [-0.39, 0.29) is 5.69 Å². The number of hydrogen-bond donors (Lipinski definition) is 0. The van der Waals surface area contributed by atoms with Gasteiger partial charge in [-0.2, -0.15) is 13.2 Å². The fraction of sp³-hybridized carbons (Fsp3) is 0.167. The van der Waals surface area contributed by atoms with Crippen molar-refractivity contribution in [1.82, 2.24) is 10.7 Å². The maximum absolute atomic E-state index is 11.8. The van der Waals surface area contributed by atoms with E-state index in [0.717, 1.165) is 18.3 Å². The van der Waals surface area contributed by atoms with Crippen LogP contribution in [0.1, 0.15) is 5.69 Å². The number of pyridine rings is 1. The molecule has 1 heterocycles. The molecule has 1 rings (SSSR count). The molecule has 1 aromatic rings. The fourth-order valence-corrected chi connectivity index (χ4v) is 0.562. The SMILES string of the molecule is [NH]c1ccc(C(F)(F)F)nc1. The molecule has 1 N–H and O–H groups in total. The van der Waals surface area contributed by atoms with Crippen molar-refractivity contribution in [2.24, 2.45) is 0 Å². The van der Waals surface area contributed by atoms with Crippen LogP contribution in [0.4, 0.5) is 18.9 Å². The van der Waals surface area contributed by atoms with E-state index in [9.17, 15) is 13.2 Å². The minimum atomic E-state index is -4.41. The summed E-state index contributed by atoms with van der Waals surface area (Å²) < 4.78 is 35.4. The van der Waals surface area contributed by atoms with Crippen LogP contribution in [0, 0.1) is 0 Å². The zero-order valence-electron chi connectivity index (χ0n) is 5.31. The van der Waals surface area contributed by atoms with Crippen LogP contribution >= 0.6 is 0 Å². The summed E-state index contributed by atoms with van der Waals surface area (Å²) in [5.41, 5.74) is 5.87. The van der Waals surface area contributed by atoms with Crippen LogP contribution in [0.15, 0.2) is 18.3 Å². The normalized spacial score (nSPS) is 11.5. The second-order valence-corrected chi connectivity index (χ2v) is 1.93. The third-order valence-electron chi connectivity index (χ3n) is 1.05. The van der Waals surface area contributed by atoms with Gasteiger partial charge < -0.3 is 0 Å². The van der Waals surface area contributed by atoms with E-state index in [0.29, 0.717) is 0 Å². The van der Waals surface area contributed by atoms with Crippen molar-refractivity contribution in [3.05, 3.63) is 24.0 Å². The molecule has 1 aromatic heterocycles. The number of hydrogen-bond acceptors (Lipinski definition) is 1. The highest BCUT2D eigenvalue weighted by molar-refractivity contribution is 5.30. The van der Waals surface area contributed by atoms with E-state index in [1.165, 1.54) is 0 Å². The lowest BCUT2D eigenvalue weighted by molar-refractivity contribution is -0.141. The molecule has 0 aliphatic heterocycles. The van der Waals surface area contributed by atoms with Crippen molar-refractivity contribution < 1.29 is 13.2 Å². The van der Waals surface area contributed by atoms with Gasteiger partial charge in [0.25, 0.3) is 0 Å². The van der Waals surface area contributed by atoms with Gasteiger partial charge in [0.15, 0.2) is 0 Å². The summed E-state index contributed by atoms with van der Waals surface area (Å²) in [6.07, 6.45) is -3.55. The molecule has 0 aliphatic rings. The minimum Gasteiger partial charge on any atom is -0.299 e. The van der Waals surface area contributed by atoms with Crippen LogP contribution in [0.3, 0.4) is 0 Å². The van der Waals surface area contributed by atoms with Gasteiger partial charge in [-0.1, -0.05) is 0 Å². The Labute approximate surface area is 60.9 Å². The summed E-state index contributed by atoms with van der Waals surface area (Å²) in [7, 11) is 0. The second kappa shape index (κ2) is 2.41. The molecule has 11 heavy (non-hydrogen) atoms. The van der Waals surface area contributed by atoms with E-state index in [4.69, 9.17) is 5.73 Å². The third-order valence-corrected chi connectivity index (χ3v) is 1.05. The molecule has 1 radical (unpaired) electrons. The van der Waals surface area contributed by atoms with Crippen LogP contribution in [0.2, 0.25) is 0 Å². The predicted octanol–water partition coefficient (Wildman–Crippen LogP) is 2.01. The Morgan fingerprint density at radius 1 is 1.27 bits per heavy atom. The molecule has 0 fully saturated rings. The minimum absolute atomic E-state index is 0.0296. The second-order valence-electron chi connectivity index (χ2n) is 1.93. The van der Waals surface area contributed by atoms with Crippen molar-refractivity contribution in [2.45, 2.75) is 6.18 Å². The first kappa shape index (κ1) is 7.84. The molecule has 0 saturated carbocycles. The summed E-state index contributed by atoms with van der Waals surface area (Å²) in [6.45, 7) is 0. The molecule has 5 heteroatoms. The summed E-state index contributed by atoms with van der Waals surface area (Å²) in [5.74, 6) is 0. The molecular weight excluding hydrogens is 157 g/mol. The molecule has 0 aliphatic carbocycles. The zero-order valence-corrected chi connectivity index (χ0v) is 5.31. The first-order valence-corrected chi connectivity index (χ1v) is 2.75. The molecule has 0 amide bonds. The maximum Gasteiger partial charge on any atom is 0.433 e. The highest BCUT2D eigenvalue weighted by Gasteiger charge is 2.31. The zero-order chi connectivity index (χ0) is 8.48. The Hall–Kier alpha value is -1.26. The number of halogens is 3. The van der Waals surface area contributed by atoms with Crippen molar-refractivity contribution >= 4 is 5.69 Å². The lowest BCUT2D eigenvalue weighted by Gasteiger charge is -2.03. The molecule has 0 bridgehead atoms. The van der Waals surface area contributed by atoms with E-state index >= 15 is 0 Å². The van der Waals surface area contributed by atoms with E-state index in [1.54, 1.807) is 0 Å². The van der Waals surface area contributed by atoms with E-state index in [1.807, 2.05) is 0 Å². The van der Waals surface area contributed by atoms with Gasteiger partial charge in [0.1, 0.15) is 5.69 Å². The molecule has 0 spiro atoms. The van der Waals surface area contributed by atoms with Crippen LogP contribution < -0.4 is 5.73 Å². The topological polar surface area (TPSA) is 36.7 Å². The van der Waals surface area contributed by atoms with Gasteiger partial charge in [0, 0.05) is 0 Å². The molecule has 0 unspecified atom stereocenters. The van der Waals surface area contributed by atoms with Gasteiger partial charge in [0.05, 0.1) is 11.9 Å². The first-order valence-electron chi connectivity index (χ1n) is 2.75. The largest absolute Gasteiger partial charge is 0.433 e. The number of nitrogens with zero attached hydrogens (tertiary/aromatic N) is 1. The van der Waals surface area contributed by atoms with Crippen molar-refractivity contribution in [3.63, 3.8) is 0 Å². The van der Waals surface area contributed by atoms with Crippen LogP contribution in [0.5, 0.6) is 0 Å². The lowest BCUT2D eigenvalue weighted by Crippen LogP contribution is -2.06. The van der Waals surface area contributed by atoms with Gasteiger partial charge in [-0.15, -0.1) is 0 Å². The van der Waals surface area contributed by atoms with Gasteiger partial charge >= 0.3 is 6.18 Å². The maximum atomic E-state index is 11.8. The van der Waals surface area contributed by atoms with Gasteiger partial charge in [-0.25, -0.2) is 4.98 Å². The molecular formula is C6H4F3N2. The Kier molecular flexibility index (Phi) is 1.72. The van der Waals surface area contributed by atoms with Gasteiger partial charge in [-0.3, -0.25) is 5.73 Å². The molecule has 0 aromatic carbocycles. The summed E-state index contributed by atoms with van der Waals surface area (Å²) >= 11 is 0. The Balaban J connectivity index is 2.99. The highest BCUT2D eigenvalue weighted by atomic mass is 19.4. The number of alkyl halides is 3. The van der Waals surface area contributed by atoms with Crippen molar-refractivity contribution in [3.8, 4) is 0 Å². The van der Waals surface area contributed by atoms with Gasteiger partial charge in [0.2, 0.25) is 0 Å². The first-order chi connectivity index (χ1) is 5.00. The fourth-order valence-electron chi connectivity index (χ4n) is 0.562. The summed E-state index contributed by atoms with van der Waals surface area (Å²) in [6, 6.07) is 1.83. The number of aromatic nitrogens is 1. The standard InChI is InChI=1S/C6H4F3N2/c7-6(8,9)5-2-1-4(10)3-11-5/h1-3,10H. The van der Waals surface area contributed by atoms with E-state index in [2.05, 4.69) is 4.98 Å². The monoisotopic (exact) mass is 161 g/mol. The quantitative estimate of drug-likeness (QED) is 0.573. The van der Waals surface area contributed by atoms with Crippen molar-refractivity contribution in [2.75, 3.05) is 0 Å². The van der Waals surface area contributed by atoms with Crippen molar-refractivity contribution in [1.29, 1.82) is 0 Å². The number of nitrogens with one attached hydrogen (secondary N) is 1.